The quantitative estimate of drug-likeness (QED) is 0.187. The van der Waals surface area contributed by atoms with Crippen LogP contribution >= 0.6 is 0 Å². The number of rotatable bonds is 10. The Labute approximate surface area is 217 Å². The smallest absolute Gasteiger partial charge is 0.295 e. The molecule has 0 aromatic heterocycles. The number of aliphatic hydroxyl groups is 1. The van der Waals surface area contributed by atoms with Crippen LogP contribution in [0.15, 0.2) is 78.9 Å². The maximum Gasteiger partial charge on any atom is 0.295 e. The molecule has 1 heterocycles. The number of likely N-dealkylation sites (tertiary alicyclic amines) is 1. The number of hydrogen-bond donors (Lipinski definition) is 1. The highest BCUT2D eigenvalue weighted by molar-refractivity contribution is 6.46. The van der Waals surface area contributed by atoms with Gasteiger partial charge in [-0.05, 0) is 73.7 Å². The number of amides is 1. The SMILES string of the molecule is C=CCOc1cccc(C2/C(=C(\O)c3ccc4cc(OC)ccc4c3)C(=O)C(=O)N2CCCN(C)C)c1. The molecule has 1 N–H and O–H groups in total. The van der Waals surface area contributed by atoms with Gasteiger partial charge in [-0.15, -0.1) is 0 Å². The Balaban J connectivity index is 1.81. The van der Waals surface area contributed by atoms with Gasteiger partial charge in [0.25, 0.3) is 11.7 Å². The molecule has 7 nitrogen and oxygen atoms in total. The predicted molar refractivity (Wildman–Crippen MR) is 145 cm³/mol. The van der Waals surface area contributed by atoms with Gasteiger partial charge in [0.2, 0.25) is 0 Å². The lowest BCUT2D eigenvalue weighted by Gasteiger charge is -2.26. The van der Waals surface area contributed by atoms with E-state index in [0.717, 1.165) is 23.1 Å². The summed E-state index contributed by atoms with van der Waals surface area (Å²) in [6.45, 7) is 5.14. The molecule has 0 spiro atoms. The molecule has 1 unspecified atom stereocenters. The standard InChI is InChI=1S/C30H32N2O5/c1-5-16-37-25-9-6-8-22(19-25)27-26(29(34)30(35)32(27)15-7-14-31(2)3)28(33)23-11-10-21-18-24(36-4)13-12-20(21)17-23/h5-6,8-13,17-19,27,33H,1,7,14-16H2,2-4H3/b28-26+. The van der Waals surface area contributed by atoms with Crippen molar-refractivity contribution in [1.29, 1.82) is 0 Å². The zero-order valence-corrected chi connectivity index (χ0v) is 21.4. The first kappa shape index (κ1) is 26.0. The fourth-order valence-corrected chi connectivity index (χ4v) is 4.60. The molecule has 0 bridgehead atoms. The number of carbonyl (C=O) groups is 2. The van der Waals surface area contributed by atoms with Crippen LogP contribution in [0.2, 0.25) is 0 Å². The predicted octanol–water partition coefficient (Wildman–Crippen LogP) is 4.79. The lowest BCUT2D eigenvalue weighted by molar-refractivity contribution is -0.139. The van der Waals surface area contributed by atoms with E-state index in [2.05, 4.69) is 6.58 Å². The lowest BCUT2D eigenvalue weighted by atomic mass is 9.94. The highest BCUT2D eigenvalue weighted by Crippen LogP contribution is 2.40. The van der Waals surface area contributed by atoms with Gasteiger partial charge in [-0.2, -0.15) is 0 Å². The number of ketones is 1. The van der Waals surface area contributed by atoms with E-state index in [1.165, 1.54) is 0 Å². The molecule has 1 saturated heterocycles. The summed E-state index contributed by atoms with van der Waals surface area (Å²) in [6, 6.07) is 17.6. The van der Waals surface area contributed by atoms with Crippen molar-refractivity contribution in [3.05, 3.63) is 90.0 Å². The van der Waals surface area contributed by atoms with Crippen molar-refractivity contribution in [2.75, 3.05) is 40.9 Å². The Hall–Kier alpha value is -4.10. The summed E-state index contributed by atoms with van der Waals surface area (Å²) in [5.74, 6) is -0.191. The summed E-state index contributed by atoms with van der Waals surface area (Å²) < 4.78 is 11.0. The molecule has 1 atom stereocenters. The summed E-state index contributed by atoms with van der Waals surface area (Å²) in [6.07, 6.45) is 2.33. The van der Waals surface area contributed by atoms with Crippen LogP contribution in [0.4, 0.5) is 0 Å². The van der Waals surface area contributed by atoms with E-state index in [-0.39, 0.29) is 11.3 Å². The van der Waals surface area contributed by atoms with Gasteiger partial charge in [0.05, 0.1) is 18.7 Å². The van der Waals surface area contributed by atoms with Gasteiger partial charge in [0, 0.05) is 12.1 Å². The van der Waals surface area contributed by atoms with Crippen LogP contribution in [0.25, 0.3) is 16.5 Å². The summed E-state index contributed by atoms with van der Waals surface area (Å²) >= 11 is 0. The molecule has 3 aromatic carbocycles. The van der Waals surface area contributed by atoms with Crippen LogP contribution in [-0.2, 0) is 9.59 Å². The second kappa shape index (κ2) is 11.3. The van der Waals surface area contributed by atoms with Crippen molar-refractivity contribution < 1.29 is 24.2 Å². The van der Waals surface area contributed by atoms with Crippen molar-refractivity contribution in [1.82, 2.24) is 9.80 Å². The summed E-state index contributed by atoms with van der Waals surface area (Å²) in [7, 11) is 5.53. The molecule has 3 aromatic rings. The van der Waals surface area contributed by atoms with E-state index in [1.54, 1.807) is 30.2 Å². The second-order valence-electron chi connectivity index (χ2n) is 9.25. The molecule has 37 heavy (non-hydrogen) atoms. The minimum atomic E-state index is -0.735. The Morgan fingerprint density at radius 2 is 1.81 bits per heavy atom. The van der Waals surface area contributed by atoms with Crippen molar-refractivity contribution in [3.63, 3.8) is 0 Å². The van der Waals surface area contributed by atoms with Gasteiger partial charge in [-0.3, -0.25) is 9.59 Å². The Morgan fingerprint density at radius 1 is 1.05 bits per heavy atom. The average molecular weight is 501 g/mol. The molecule has 0 aliphatic carbocycles. The highest BCUT2D eigenvalue weighted by Gasteiger charge is 2.45. The van der Waals surface area contributed by atoms with Crippen molar-refractivity contribution in [2.24, 2.45) is 0 Å². The van der Waals surface area contributed by atoms with Crippen LogP contribution in [0.3, 0.4) is 0 Å². The summed E-state index contributed by atoms with van der Waals surface area (Å²) in [5, 5.41) is 13.3. The first-order valence-corrected chi connectivity index (χ1v) is 12.2. The average Bonchev–Trinajstić information content (AvgIpc) is 3.16. The maximum atomic E-state index is 13.3. The number of ether oxygens (including phenoxy) is 2. The van der Waals surface area contributed by atoms with Gasteiger partial charge < -0.3 is 24.4 Å². The van der Waals surface area contributed by atoms with Crippen LogP contribution in [0.5, 0.6) is 11.5 Å². The normalized spacial score (nSPS) is 17.0. The van der Waals surface area contributed by atoms with Gasteiger partial charge in [0.15, 0.2) is 0 Å². The van der Waals surface area contributed by atoms with E-state index in [0.29, 0.717) is 36.4 Å². The van der Waals surface area contributed by atoms with Gasteiger partial charge in [0.1, 0.15) is 23.9 Å². The van der Waals surface area contributed by atoms with Crippen LogP contribution < -0.4 is 9.47 Å². The van der Waals surface area contributed by atoms with Crippen molar-refractivity contribution in [2.45, 2.75) is 12.5 Å². The summed E-state index contributed by atoms with van der Waals surface area (Å²) in [4.78, 5) is 30.1. The molecular weight excluding hydrogens is 468 g/mol. The Kier molecular flexibility index (Phi) is 7.94. The van der Waals surface area contributed by atoms with Crippen molar-refractivity contribution >= 4 is 28.2 Å². The van der Waals surface area contributed by atoms with E-state index in [9.17, 15) is 14.7 Å². The molecule has 4 rings (SSSR count). The Morgan fingerprint density at radius 3 is 2.54 bits per heavy atom. The van der Waals surface area contributed by atoms with Gasteiger partial charge in [-0.1, -0.05) is 43.0 Å². The first-order chi connectivity index (χ1) is 17.8. The van der Waals surface area contributed by atoms with Crippen LogP contribution in [0, 0.1) is 0 Å². The summed E-state index contributed by atoms with van der Waals surface area (Å²) in [5.41, 5.74) is 1.23. The zero-order valence-electron chi connectivity index (χ0n) is 21.4. The molecule has 1 aliphatic rings. The van der Waals surface area contributed by atoms with E-state index >= 15 is 0 Å². The molecule has 1 amide bonds. The zero-order chi connectivity index (χ0) is 26.5. The number of aliphatic hydroxyl groups excluding tert-OH is 1. The Bertz CT molecular complexity index is 1360. The largest absolute Gasteiger partial charge is 0.507 e. The first-order valence-electron chi connectivity index (χ1n) is 12.2. The van der Waals surface area contributed by atoms with E-state index in [1.807, 2.05) is 67.5 Å². The number of benzene rings is 3. The number of Topliss-reactive ketones (excluding diaryl/α,β-unsaturated/α-hetero) is 1. The number of nitrogens with zero attached hydrogens (tertiary/aromatic N) is 2. The minimum Gasteiger partial charge on any atom is -0.507 e. The molecule has 192 valence electrons. The van der Waals surface area contributed by atoms with Crippen molar-refractivity contribution in [3.8, 4) is 11.5 Å². The monoisotopic (exact) mass is 500 g/mol. The molecule has 1 aliphatic heterocycles. The fraction of sp³-hybridized carbons (Fsp3) is 0.267. The minimum absolute atomic E-state index is 0.0728. The number of methoxy groups -OCH3 is 1. The molecule has 7 heteroatoms. The molecular formula is C30H32N2O5. The van der Waals surface area contributed by atoms with Crippen LogP contribution in [0.1, 0.15) is 23.6 Å². The second-order valence-corrected chi connectivity index (χ2v) is 9.25. The van der Waals surface area contributed by atoms with Gasteiger partial charge in [-0.25, -0.2) is 0 Å². The topological polar surface area (TPSA) is 79.3 Å². The third-order valence-corrected chi connectivity index (χ3v) is 6.41. The number of carbonyl (C=O) groups excluding carboxylic acids is 2. The third kappa shape index (κ3) is 5.52. The maximum absolute atomic E-state index is 13.3. The van der Waals surface area contributed by atoms with E-state index < -0.39 is 17.7 Å². The van der Waals surface area contributed by atoms with Crippen LogP contribution in [-0.4, -0.2) is 67.5 Å². The fourth-order valence-electron chi connectivity index (χ4n) is 4.60. The lowest BCUT2D eigenvalue weighted by Crippen LogP contribution is -2.32. The van der Waals surface area contributed by atoms with Gasteiger partial charge >= 0.3 is 0 Å². The molecule has 0 saturated carbocycles. The third-order valence-electron chi connectivity index (χ3n) is 6.41. The molecule has 0 radical (unpaired) electrons. The number of hydrogen-bond acceptors (Lipinski definition) is 6. The molecule has 1 fully saturated rings. The highest BCUT2D eigenvalue weighted by atomic mass is 16.5. The number of fused-ring (bicyclic) bond motifs is 1. The van der Waals surface area contributed by atoms with E-state index in [4.69, 9.17) is 9.47 Å².